The SMILES string of the molecule is CC1(C)Cc2occc2C(NCC(O)COCC2CC2)C1. The molecule has 1 aromatic heterocycles. The van der Waals surface area contributed by atoms with Crippen LogP contribution in [-0.4, -0.2) is 31.0 Å². The number of rotatable bonds is 7. The number of aliphatic hydroxyl groups excluding tert-OH is 1. The van der Waals surface area contributed by atoms with Crippen LogP contribution in [-0.2, 0) is 11.2 Å². The number of nitrogens with one attached hydrogen (secondary N) is 1. The molecule has 1 saturated carbocycles. The molecular formula is C17H27NO3. The Balaban J connectivity index is 1.48. The summed E-state index contributed by atoms with van der Waals surface area (Å²) in [7, 11) is 0. The van der Waals surface area contributed by atoms with Gasteiger partial charge in [-0.2, -0.15) is 0 Å². The molecule has 4 heteroatoms. The van der Waals surface area contributed by atoms with Crippen LogP contribution < -0.4 is 5.32 Å². The van der Waals surface area contributed by atoms with Crippen molar-refractivity contribution in [2.24, 2.45) is 11.3 Å². The van der Waals surface area contributed by atoms with E-state index in [0.717, 1.165) is 31.1 Å². The van der Waals surface area contributed by atoms with Crippen LogP contribution in [0.3, 0.4) is 0 Å². The summed E-state index contributed by atoms with van der Waals surface area (Å²) >= 11 is 0. The zero-order valence-corrected chi connectivity index (χ0v) is 13.1. The van der Waals surface area contributed by atoms with E-state index in [1.807, 2.05) is 0 Å². The van der Waals surface area contributed by atoms with E-state index in [9.17, 15) is 5.11 Å². The minimum Gasteiger partial charge on any atom is -0.469 e. The van der Waals surface area contributed by atoms with Crippen LogP contribution in [0, 0.1) is 11.3 Å². The van der Waals surface area contributed by atoms with Crippen molar-refractivity contribution >= 4 is 0 Å². The minimum atomic E-state index is -0.441. The molecule has 21 heavy (non-hydrogen) atoms. The molecule has 0 bridgehead atoms. The molecule has 0 amide bonds. The third-order valence-electron chi connectivity index (χ3n) is 4.51. The molecule has 0 saturated heterocycles. The maximum Gasteiger partial charge on any atom is 0.109 e. The van der Waals surface area contributed by atoms with Crippen LogP contribution in [0.4, 0.5) is 0 Å². The van der Waals surface area contributed by atoms with Gasteiger partial charge in [0.05, 0.1) is 19.0 Å². The Kier molecular flexibility index (Phi) is 4.38. The molecule has 3 rings (SSSR count). The van der Waals surface area contributed by atoms with Crippen LogP contribution in [0.25, 0.3) is 0 Å². The molecule has 2 aliphatic carbocycles. The van der Waals surface area contributed by atoms with E-state index in [1.165, 1.54) is 18.4 Å². The summed E-state index contributed by atoms with van der Waals surface area (Å²) < 4.78 is 11.1. The molecular weight excluding hydrogens is 266 g/mol. The van der Waals surface area contributed by atoms with Crippen molar-refractivity contribution in [2.45, 2.75) is 51.7 Å². The van der Waals surface area contributed by atoms with Crippen molar-refractivity contribution in [2.75, 3.05) is 19.8 Å². The van der Waals surface area contributed by atoms with E-state index in [4.69, 9.17) is 9.15 Å². The second kappa shape index (κ2) is 6.11. The Bertz CT molecular complexity index is 464. The fourth-order valence-corrected chi connectivity index (χ4v) is 3.15. The first-order valence-corrected chi connectivity index (χ1v) is 8.09. The molecule has 1 fully saturated rings. The number of fused-ring (bicyclic) bond motifs is 1. The highest BCUT2D eigenvalue weighted by molar-refractivity contribution is 5.26. The van der Waals surface area contributed by atoms with Gasteiger partial charge in [-0.25, -0.2) is 0 Å². The van der Waals surface area contributed by atoms with Crippen LogP contribution in [0.15, 0.2) is 16.7 Å². The molecule has 118 valence electrons. The Labute approximate surface area is 126 Å². The first-order valence-electron chi connectivity index (χ1n) is 8.09. The molecule has 0 radical (unpaired) electrons. The zero-order valence-electron chi connectivity index (χ0n) is 13.1. The van der Waals surface area contributed by atoms with E-state index in [-0.39, 0.29) is 11.5 Å². The van der Waals surface area contributed by atoms with E-state index >= 15 is 0 Å². The van der Waals surface area contributed by atoms with Crippen molar-refractivity contribution in [1.82, 2.24) is 5.32 Å². The molecule has 2 unspecified atom stereocenters. The molecule has 2 N–H and O–H groups in total. The van der Waals surface area contributed by atoms with Crippen LogP contribution >= 0.6 is 0 Å². The zero-order chi connectivity index (χ0) is 14.9. The van der Waals surface area contributed by atoms with Gasteiger partial charge < -0.3 is 19.6 Å². The highest BCUT2D eigenvalue weighted by Crippen LogP contribution is 2.41. The molecule has 1 heterocycles. The molecule has 2 aliphatic rings. The van der Waals surface area contributed by atoms with Crippen molar-refractivity contribution in [3.63, 3.8) is 0 Å². The fourth-order valence-electron chi connectivity index (χ4n) is 3.15. The van der Waals surface area contributed by atoms with Crippen molar-refractivity contribution < 1.29 is 14.3 Å². The van der Waals surface area contributed by atoms with Crippen LogP contribution in [0.1, 0.15) is 50.5 Å². The highest BCUT2D eigenvalue weighted by Gasteiger charge is 2.34. The molecule has 1 aromatic rings. The highest BCUT2D eigenvalue weighted by atomic mass is 16.5. The molecule has 0 spiro atoms. The van der Waals surface area contributed by atoms with E-state index in [1.54, 1.807) is 6.26 Å². The van der Waals surface area contributed by atoms with Gasteiger partial charge >= 0.3 is 0 Å². The fraction of sp³-hybridized carbons (Fsp3) is 0.765. The Morgan fingerprint density at radius 1 is 1.48 bits per heavy atom. The lowest BCUT2D eigenvalue weighted by molar-refractivity contribution is 0.0301. The van der Waals surface area contributed by atoms with Crippen LogP contribution in [0.2, 0.25) is 0 Å². The summed E-state index contributed by atoms with van der Waals surface area (Å²) in [5, 5.41) is 13.5. The van der Waals surface area contributed by atoms with E-state index < -0.39 is 6.10 Å². The summed E-state index contributed by atoms with van der Waals surface area (Å²) in [6.45, 7) is 6.33. The quantitative estimate of drug-likeness (QED) is 0.811. The second-order valence-corrected chi connectivity index (χ2v) is 7.44. The lowest BCUT2D eigenvalue weighted by Crippen LogP contribution is -2.37. The lowest BCUT2D eigenvalue weighted by atomic mass is 9.75. The van der Waals surface area contributed by atoms with Gasteiger partial charge in [0.25, 0.3) is 0 Å². The van der Waals surface area contributed by atoms with Gasteiger partial charge in [-0.1, -0.05) is 13.8 Å². The van der Waals surface area contributed by atoms with Crippen molar-refractivity contribution in [3.05, 3.63) is 23.7 Å². The summed E-state index contributed by atoms with van der Waals surface area (Å²) in [6, 6.07) is 2.32. The average Bonchev–Trinajstić information content (AvgIpc) is 3.12. The number of ether oxygens (including phenoxy) is 1. The van der Waals surface area contributed by atoms with Gasteiger partial charge in [0.2, 0.25) is 0 Å². The number of furan rings is 1. The third-order valence-corrected chi connectivity index (χ3v) is 4.51. The molecule has 0 aliphatic heterocycles. The Morgan fingerprint density at radius 2 is 2.29 bits per heavy atom. The second-order valence-electron chi connectivity index (χ2n) is 7.44. The van der Waals surface area contributed by atoms with Gasteiger partial charge in [0, 0.05) is 31.2 Å². The maximum atomic E-state index is 10.0. The smallest absolute Gasteiger partial charge is 0.109 e. The van der Waals surface area contributed by atoms with Crippen molar-refractivity contribution in [1.29, 1.82) is 0 Å². The Morgan fingerprint density at radius 3 is 3.05 bits per heavy atom. The van der Waals surface area contributed by atoms with Crippen LogP contribution in [0.5, 0.6) is 0 Å². The third kappa shape index (κ3) is 4.09. The van der Waals surface area contributed by atoms with E-state index in [2.05, 4.69) is 25.2 Å². The first kappa shape index (κ1) is 15.1. The Hall–Kier alpha value is -0.840. The number of aliphatic hydroxyl groups is 1. The predicted molar refractivity (Wildman–Crippen MR) is 81.1 cm³/mol. The van der Waals surface area contributed by atoms with Gasteiger partial charge in [0.1, 0.15) is 5.76 Å². The average molecular weight is 293 g/mol. The van der Waals surface area contributed by atoms with E-state index in [0.29, 0.717) is 13.2 Å². The van der Waals surface area contributed by atoms with Crippen molar-refractivity contribution in [3.8, 4) is 0 Å². The summed E-state index contributed by atoms with van der Waals surface area (Å²) in [5.41, 5.74) is 1.48. The minimum absolute atomic E-state index is 0.232. The maximum absolute atomic E-state index is 10.0. The lowest BCUT2D eigenvalue weighted by Gasteiger charge is -2.35. The topological polar surface area (TPSA) is 54.6 Å². The predicted octanol–water partition coefficient (Wildman–Crippen LogP) is 2.67. The van der Waals surface area contributed by atoms with Gasteiger partial charge in [-0.15, -0.1) is 0 Å². The summed E-state index contributed by atoms with van der Waals surface area (Å²) in [4.78, 5) is 0. The standard InChI is InChI=1S/C17H27NO3/c1-17(2)7-15(14-5-6-21-16(14)8-17)18-9-13(19)11-20-10-12-3-4-12/h5-6,12-13,15,18-19H,3-4,7-11H2,1-2H3. The number of hydrogen-bond acceptors (Lipinski definition) is 4. The van der Waals surface area contributed by atoms with Gasteiger partial charge in [0.15, 0.2) is 0 Å². The molecule has 4 nitrogen and oxygen atoms in total. The van der Waals surface area contributed by atoms with Gasteiger partial charge in [-0.3, -0.25) is 0 Å². The summed E-state index contributed by atoms with van der Waals surface area (Å²) in [5.74, 6) is 1.83. The first-order chi connectivity index (χ1) is 10.0. The number of hydrogen-bond donors (Lipinski definition) is 2. The molecule has 0 aromatic carbocycles. The summed E-state index contributed by atoms with van der Waals surface area (Å²) in [6.07, 6.45) is 5.96. The largest absolute Gasteiger partial charge is 0.469 e. The monoisotopic (exact) mass is 293 g/mol. The normalized spacial score (nSPS) is 25.6. The van der Waals surface area contributed by atoms with Gasteiger partial charge in [-0.05, 0) is 36.7 Å². The molecule has 2 atom stereocenters.